The van der Waals surface area contributed by atoms with Gasteiger partial charge >= 0.3 is 5.76 Å². The van der Waals surface area contributed by atoms with E-state index in [0.29, 0.717) is 35.9 Å². The molecule has 0 bridgehead atoms. The molecule has 1 aliphatic rings. The van der Waals surface area contributed by atoms with Crippen molar-refractivity contribution in [2.45, 2.75) is 25.7 Å². The summed E-state index contributed by atoms with van der Waals surface area (Å²) in [6.07, 6.45) is -0.179. The standard InChI is InChI=1S/C24H23BrN4O6/c1-24(2)33-12-15(34-24)11-32-19-6-4-5-13-9-18(29(3)20(13)19)22(30)26-17-8-7-14(25)10-16(17)21-27-23(31)35-28-21/h4-10,15H,11-12H2,1-3H3,(H,26,30)(H,27,28,31)/t15-/m0/s1. The summed E-state index contributed by atoms with van der Waals surface area (Å²) in [5.41, 5.74) is 2.18. The number of ether oxygens (including phenoxy) is 3. The highest BCUT2D eigenvalue weighted by molar-refractivity contribution is 9.10. The number of fused-ring (bicyclic) bond motifs is 1. The second-order valence-electron chi connectivity index (χ2n) is 8.63. The molecule has 0 radical (unpaired) electrons. The molecule has 182 valence electrons. The third kappa shape index (κ3) is 4.75. The van der Waals surface area contributed by atoms with Gasteiger partial charge in [-0.3, -0.25) is 14.3 Å². The lowest BCUT2D eigenvalue weighted by Crippen LogP contribution is -2.25. The van der Waals surface area contributed by atoms with Crippen molar-refractivity contribution < 1.29 is 23.5 Å². The summed E-state index contributed by atoms with van der Waals surface area (Å²) in [7, 11) is 1.81. The lowest BCUT2D eigenvalue weighted by Gasteiger charge is -2.17. The summed E-state index contributed by atoms with van der Waals surface area (Å²) in [5.74, 6) is -0.793. The average molecular weight is 543 g/mol. The van der Waals surface area contributed by atoms with Crippen LogP contribution in [0.15, 0.2) is 56.3 Å². The fourth-order valence-corrected chi connectivity index (χ4v) is 4.46. The summed E-state index contributed by atoms with van der Waals surface area (Å²) < 4.78 is 24.7. The lowest BCUT2D eigenvalue weighted by atomic mass is 10.1. The van der Waals surface area contributed by atoms with Crippen LogP contribution >= 0.6 is 15.9 Å². The van der Waals surface area contributed by atoms with E-state index < -0.39 is 11.5 Å². The number of rotatable bonds is 6. The highest BCUT2D eigenvalue weighted by Crippen LogP contribution is 2.32. The molecule has 1 fully saturated rings. The highest BCUT2D eigenvalue weighted by Gasteiger charge is 2.33. The number of carbonyl (C=O) groups excluding carboxylic acids is 1. The normalized spacial score (nSPS) is 17.1. The molecule has 2 aromatic carbocycles. The number of anilines is 1. The molecule has 0 aliphatic carbocycles. The Kier molecular flexibility index (Phi) is 5.99. The van der Waals surface area contributed by atoms with E-state index >= 15 is 0 Å². The number of amides is 1. The number of hydrogen-bond donors (Lipinski definition) is 2. The molecule has 2 aromatic heterocycles. The molecule has 1 saturated heterocycles. The Morgan fingerprint density at radius 3 is 2.86 bits per heavy atom. The van der Waals surface area contributed by atoms with Gasteiger partial charge in [-0.15, -0.1) is 0 Å². The van der Waals surface area contributed by atoms with Crippen molar-refractivity contribution in [1.29, 1.82) is 0 Å². The van der Waals surface area contributed by atoms with Crippen molar-refractivity contribution in [1.82, 2.24) is 14.7 Å². The number of nitrogens with one attached hydrogen (secondary N) is 2. The van der Waals surface area contributed by atoms with E-state index in [9.17, 15) is 9.59 Å². The molecule has 2 N–H and O–H groups in total. The van der Waals surface area contributed by atoms with E-state index in [-0.39, 0.29) is 17.8 Å². The molecule has 1 amide bonds. The molecule has 3 heterocycles. The molecule has 1 atom stereocenters. The van der Waals surface area contributed by atoms with Crippen molar-refractivity contribution in [2.75, 3.05) is 18.5 Å². The number of benzene rings is 2. The maximum absolute atomic E-state index is 13.3. The summed E-state index contributed by atoms with van der Waals surface area (Å²) in [6.45, 7) is 4.52. The number of aryl methyl sites for hydroxylation is 1. The van der Waals surface area contributed by atoms with E-state index in [2.05, 4.69) is 35.9 Å². The quantitative estimate of drug-likeness (QED) is 0.376. The number of carbonyl (C=O) groups is 1. The van der Waals surface area contributed by atoms with Crippen molar-refractivity contribution in [3.05, 3.63) is 63.2 Å². The monoisotopic (exact) mass is 542 g/mol. The molecule has 0 spiro atoms. The minimum atomic E-state index is -0.684. The van der Waals surface area contributed by atoms with Crippen LogP contribution in [0.3, 0.4) is 0 Å². The molecule has 4 aromatic rings. The van der Waals surface area contributed by atoms with Gasteiger partial charge in [0.1, 0.15) is 24.2 Å². The minimum Gasteiger partial charge on any atom is -0.489 e. The van der Waals surface area contributed by atoms with Crippen LogP contribution in [-0.2, 0) is 16.5 Å². The first kappa shape index (κ1) is 23.3. The van der Waals surface area contributed by atoms with Gasteiger partial charge in [-0.25, -0.2) is 4.79 Å². The van der Waals surface area contributed by atoms with E-state index in [1.165, 1.54) is 0 Å². The Morgan fingerprint density at radius 2 is 2.14 bits per heavy atom. The Bertz CT molecular complexity index is 1470. The summed E-state index contributed by atoms with van der Waals surface area (Å²) in [6, 6.07) is 12.7. The second kappa shape index (κ2) is 8.99. The Morgan fingerprint density at radius 1 is 1.31 bits per heavy atom. The van der Waals surface area contributed by atoms with Gasteiger partial charge in [0, 0.05) is 22.5 Å². The Balaban J connectivity index is 1.41. The van der Waals surface area contributed by atoms with E-state index in [1.54, 1.807) is 35.9 Å². The first-order valence-electron chi connectivity index (χ1n) is 10.9. The van der Waals surface area contributed by atoms with Gasteiger partial charge in [-0.2, -0.15) is 0 Å². The van der Waals surface area contributed by atoms with Crippen molar-refractivity contribution in [3.8, 4) is 17.1 Å². The molecule has 0 unspecified atom stereocenters. The summed E-state index contributed by atoms with van der Waals surface area (Å²) >= 11 is 3.40. The van der Waals surface area contributed by atoms with Gasteiger partial charge in [0.25, 0.3) is 5.91 Å². The predicted octanol–water partition coefficient (Wildman–Crippen LogP) is 4.07. The van der Waals surface area contributed by atoms with Gasteiger partial charge in [0.15, 0.2) is 11.6 Å². The molecular weight excluding hydrogens is 520 g/mol. The zero-order chi connectivity index (χ0) is 24.7. The molecule has 35 heavy (non-hydrogen) atoms. The van der Waals surface area contributed by atoms with Gasteiger partial charge in [-0.1, -0.05) is 33.2 Å². The number of aromatic nitrogens is 3. The minimum absolute atomic E-state index is 0.179. The third-order valence-electron chi connectivity index (χ3n) is 5.67. The van der Waals surface area contributed by atoms with Crippen LogP contribution in [0, 0.1) is 0 Å². The number of hydrogen-bond acceptors (Lipinski definition) is 7. The van der Waals surface area contributed by atoms with Gasteiger partial charge < -0.3 is 24.1 Å². The van der Waals surface area contributed by atoms with E-state index in [4.69, 9.17) is 14.2 Å². The van der Waals surface area contributed by atoms with Crippen LogP contribution in [0.4, 0.5) is 5.69 Å². The van der Waals surface area contributed by atoms with Crippen LogP contribution in [0.1, 0.15) is 24.3 Å². The van der Waals surface area contributed by atoms with Crippen LogP contribution in [0.25, 0.3) is 22.3 Å². The van der Waals surface area contributed by atoms with Crippen LogP contribution < -0.4 is 15.8 Å². The highest BCUT2D eigenvalue weighted by atomic mass is 79.9. The van der Waals surface area contributed by atoms with Gasteiger partial charge in [0.2, 0.25) is 0 Å². The van der Waals surface area contributed by atoms with Crippen LogP contribution in [0.5, 0.6) is 5.75 Å². The Hall–Kier alpha value is -3.41. The fraction of sp³-hybridized carbons (Fsp3) is 0.292. The van der Waals surface area contributed by atoms with Crippen molar-refractivity contribution in [3.63, 3.8) is 0 Å². The molecular formula is C24H23BrN4O6. The van der Waals surface area contributed by atoms with Gasteiger partial charge in [-0.05, 0) is 44.2 Å². The molecule has 5 rings (SSSR count). The smallest absolute Gasteiger partial charge is 0.439 e. The topological polar surface area (TPSA) is 121 Å². The second-order valence-corrected chi connectivity index (χ2v) is 9.55. The van der Waals surface area contributed by atoms with Gasteiger partial charge in [0.05, 0.1) is 17.8 Å². The molecule has 11 heteroatoms. The number of aromatic amines is 1. The average Bonchev–Trinajstić information content (AvgIpc) is 3.50. The van der Waals surface area contributed by atoms with Crippen molar-refractivity contribution >= 4 is 38.4 Å². The lowest BCUT2D eigenvalue weighted by molar-refractivity contribution is -0.141. The molecule has 0 saturated carbocycles. The zero-order valence-corrected chi connectivity index (χ0v) is 20.8. The largest absolute Gasteiger partial charge is 0.489 e. The number of para-hydroxylation sites is 1. The maximum atomic E-state index is 13.3. The third-order valence-corrected chi connectivity index (χ3v) is 6.16. The van der Waals surface area contributed by atoms with E-state index in [1.807, 2.05) is 32.0 Å². The Labute approximate surface area is 208 Å². The maximum Gasteiger partial charge on any atom is 0.439 e. The zero-order valence-electron chi connectivity index (χ0n) is 19.3. The number of nitrogens with zero attached hydrogens (tertiary/aromatic N) is 2. The summed E-state index contributed by atoms with van der Waals surface area (Å²) in [4.78, 5) is 27.2. The molecule has 1 aliphatic heterocycles. The first-order chi connectivity index (χ1) is 16.7. The van der Waals surface area contributed by atoms with Crippen LogP contribution in [-0.4, -0.2) is 45.7 Å². The SMILES string of the molecule is Cn1c(C(=O)Nc2ccc(Br)cc2-c2noc(=O)[nH]2)cc2cccc(OC[C@H]3COC(C)(C)O3)c21. The fourth-order valence-electron chi connectivity index (χ4n) is 4.10. The number of halogens is 1. The van der Waals surface area contributed by atoms with Crippen molar-refractivity contribution in [2.24, 2.45) is 7.05 Å². The predicted molar refractivity (Wildman–Crippen MR) is 132 cm³/mol. The first-order valence-corrected chi connectivity index (χ1v) is 11.7. The summed E-state index contributed by atoms with van der Waals surface area (Å²) in [5, 5.41) is 7.50. The molecule has 10 nitrogen and oxygen atoms in total. The number of H-pyrrole nitrogens is 1. The van der Waals surface area contributed by atoms with Crippen LogP contribution in [0.2, 0.25) is 0 Å². The van der Waals surface area contributed by atoms with E-state index in [0.717, 1.165) is 15.4 Å².